The molecule has 0 saturated carbocycles. The molecule has 2 rings (SSSR count). The molecular formula is C12H7BrCl2OS2. The van der Waals surface area contributed by atoms with Crippen LogP contribution in [0.2, 0.25) is 10.0 Å². The summed E-state index contributed by atoms with van der Waals surface area (Å²) in [6, 6.07) is 9.06. The Morgan fingerprint density at radius 1 is 1.22 bits per heavy atom. The lowest BCUT2D eigenvalue weighted by molar-refractivity contribution is 0.102. The fourth-order valence-electron chi connectivity index (χ4n) is 1.25. The molecule has 0 saturated heterocycles. The number of hydrogen-bond acceptors (Lipinski definition) is 3. The van der Waals surface area contributed by atoms with Crippen molar-refractivity contribution in [1.29, 1.82) is 0 Å². The Labute approximate surface area is 132 Å². The molecular weight excluding hydrogens is 375 g/mol. The van der Waals surface area contributed by atoms with Crippen molar-refractivity contribution in [2.45, 2.75) is 4.90 Å². The third-order valence-electron chi connectivity index (χ3n) is 2.11. The van der Waals surface area contributed by atoms with Crippen LogP contribution in [0.1, 0.15) is 9.67 Å². The second-order valence-electron chi connectivity index (χ2n) is 3.39. The van der Waals surface area contributed by atoms with Crippen LogP contribution in [0.15, 0.2) is 39.0 Å². The van der Waals surface area contributed by atoms with E-state index >= 15 is 0 Å². The summed E-state index contributed by atoms with van der Waals surface area (Å²) in [4.78, 5) is 13.6. The molecule has 0 aliphatic heterocycles. The summed E-state index contributed by atoms with van der Waals surface area (Å²) < 4.78 is 0.963. The Morgan fingerprint density at radius 2 is 2.00 bits per heavy atom. The number of ketones is 1. The number of carbonyl (C=O) groups is 1. The van der Waals surface area contributed by atoms with E-state index < -0.39 is 0 Å². The number of rotatable bonds is 4. The van der Waals surface area contributed by atoms with Crippen LogP contribution in [-0.2, 0) is 0 Å². The Kier molecular flexibility index (Phi) is 5.15. The van der Waals surface area contributed by atoms with Gasteiger partial charge in [0, 0.05) is 4.90 Å². The van der Waals surface area contributed by atoms with Gasteiger partial charge in [0.2, 0.25) is 0 Å². The minimum absolute atomic E-state index is 0.113. The standard InChI is InChI=1S/C12H7BrCl2OS2/c13-12-4-3-11(18-12)10(16)6-17-7-1-2-8(14)9(15)5-7/h1-5H,6H2. The molecule has 0 aliphatic carbocycles. The largest absolute Gasteiger partial charge is 0.292 e. The van der Waals surface area contributed by atoms with E-state index in [1.54, 1.807) is 12.1 Å². The molecule has 94 valence electrons. The van der Waals surface area contributed by atoms with Crippen LogP contribution in [0.25, 0.3) is 0 Å². The van der Waals surface area contributed by atoms with Crippen LogP contribution in [0.4, 0.5) is 0 Å². The van der Waals surface area contributed by atoms with Crippen molar-refractivity contribution < 1.29 is 4.79 Å². The van der Waals surface area contributed by atoms with Gasteiger partial charge in [-0.25, -0.2) is 0 Å². The number of halogens is 3. The highest BCUT2D eigenvalue weighted by molar-refractivity contribution is 9.11. The molecule has 6 heteroatoms. The molecule has 1 heterocycles. The topological polar surface area (TPSA) is 17.1 Å². The predicted octanol–water partition coefficient (Wildman–Crippen LogP) is 5.79. The first kappa shape index (κ1) is 14.4. The molecule has 0 radical (unpaired) electrons. The average Bonchev–Trinajstić information content (AvgIpc) is 2.77. The van der Waals surface area contributed by atoms with E-state index in [9.17, 15) is 4.79 Å². The molecule has 0 bridgehead atoms. The first-order chi connectivity index (χ1) is 8.56. The smallest absolute Gasteiger partial charge is 0.183 e. The van der Waals surface area contributed by atoms with E-state index in [2.05, 4.69) is 15.9 Å². The van der Waals surface area contributed by atoms with Crippen LogP contribution < -0.4 is 0 Å². The van der Waals surface area contributed by atoms with Crippen LogP contribution in [-0.4, -0.2) is 11.5 Å². The number of thioether (sulfide) groups is 1. The highest BCUT2D eigenvalue weighted by Gasteiger charge is 2.09. The van der Waals surface area contributed by atoms with Gasteiger partial charge in [-0.05, 0) is 46.3 Å². The van der Waals surface area contributed by atoms with Crippen LogP contribution >= 0.6 is 62.2 Å². The number of Topliss-reactive ketones (excluding diaryl/α,β-unsaturated/α-hetero) is 1. The molecule has 1 nitrogen and oxygen atoms in total. The van der Waals surface area contributed by atoms with Crippen molar-refractivity contribution in [1.82, 2.24) is 0 Å². The van der Waals surface area contributed by atoms with Gasteiger partial charge in [-0.1, -0.05) is 23.2 Å². The number of thiophene rings is 1. The minimum atomic E-state index is 0.113. The molecule has 0 aliphatic rings. The van der Waals surface area contributed by atoms with E-state index in [1.807, 2.05) is 18.2 Å². The van der Waals surface area contributed by atoms with Crippen LogP contribution in [0, 0.1) is 0 Å². The van der Waals surface area contributed by atoms with E-state index in [-0.39, 0.29) is 5.78 Å². The molecule has 1 aromatic carbocycles. The second-order valence-corrected chi connectivity index (χ2v) is 7.72. The average molecular weight is 382 g/mol. The minimum Gasteiger partial charge on any atom is -0.292 e. The summed E-state index contributed by atoms with van der Waals surface area (Å²) in [7, 11) is 0. The first-order valence-corrected chi connectivity index (χ1v) is 8.28. The Balaban J connectivity index is 1.99. The Morgan fingerprint density at radius 3 is 2.61 bits per heavy atom. The van der Waals surface area contributed by atoms with E-state index in [0.717, 1.165) is 13.6 Å². The van der Waals surface area contributed by atoms with E-state index in [4.69, 9.17) is 23.2 Å². The molecule has 0 fully saturated rings. The van der Waals surface area contributed by atoms with Crippen molar-refractivity contribution in [3.63, 3.8) is 0 Å². The molecule has 0 atom stereocenters. The van der Waals surface area contributed by atoms with E-state index in [1.165, 1.54) is 23.1 Å². The van der Waals surface area contributed by atoms with Gasteiger partial charge in [0.1, 0.15) is 0 Å². The summed E-state index contributed by atoms with van der Waals surface area (Å²) in [5, 5.41) is 1.03. The maximum Gasteiger partial charge on any atom is 0.183 e. The lowest BCUT2D eigenvalue weighted by atomic mass is 10.3. The molecule has 0 amide bonds. The SMILES string of the molecule is O=C(CSc1ccc(Cl)c(Cl)c1)c1ccc(Br)s1. The zero-order valence-corrected chi connectivity index (χ0v) is 13.7. The van der Waals surface area contributed by atoms with Crippen LogP contribution in [0.3, 0.4) is 0 Å². The summed E-state index contributed by atoms with van der Waals surface area (Å²) in [5.74, 6) is 0.507. The van der Waals surface area contributed by atoms with E-state index in [0.29, 0.717) is 15.8 Å². The van der Waals surface area contributed by atoms with Gasteiger partial charge >= 0.3 is 0 Å². The summed E-state index contributed by atoms with van der Waals surface area (Å²) in [6.07, 6.45) is 0. The van der Waals surface area contributed by atoms with Gasteiger partial charge in [0.15, 0.2) is 5.78 Å². The van der Waals surface area contributed by atoms with Crippen molar-refractivity contribution in [3.8, 4) is 0 Å². The second kappa shape index (κ2) is 6.44. The van der Waals surface area contributed by atoms with Crippen molar-refractivity contribution in [2.24, 2.45) is 0 Å². The van der Waals surface area contributed by atoms with Crippen molar-refractivity contribution in [3.05, 3.63) is 49.0 Å². The van der Waals surface area contributed by atoms with Crippen molar-refractivity contribution >= 4 is 68.0 Å². The monoisotopic (exact) mass is 380 g/mol. The Hall–Kier alpha value is -0.0000000000000000833. The molecule has 18 heavy (non-hydrogen) atoms. The fourth-order valence-corrected chi connectivity index (χ4v) is 3.85. The molecule has 1 aromatic heterocycles. The zero-order chi connectivity index (χ0) is 13.1. The summed E-state index contributed by atoms with van der Waals surface area (Å²) in [6.45, 7) is 0. The number of benzene rings is 1. The lowest BCUT2D eigenvalue weighted by Gasteiger charge is -2.02. The van der Waals surface area contributed by atoms with Gasteiger partial charge < -0.3 is 0 Å². The van der Waals surface area contributed by atoms with Crippen molar-refractivity contribution in [2.75, 3.05) is 5.75 Å². The maximum atomic E-state index is 11.9. The third-order valence-corrected chi connectivity index (χ3v) is 5.51. The normalized spacial score (nSPS) is 10.6. The maximum absolute atomic E-state index is 11.9. The van der Waals surface area contributed by atoms with Gasteiger partial charge in [-0.15, -0.1) is 23.1 Å². The predicted molar refractivity (Wildman–Crippen MR) is 83.5 cm³/mol. The van der Waals surface area contributed by atoms with Gasteiger partial charge in [-0.3, -0.25) is 4.79 Å². The third kappa shape index (κ3) is 3.75. The number of hydrogen-bond donors (Lipinski definition) is 0. The first-order valence-electron chi connectivity index (χ1n) is 4.92. The molecule has 0 spiro atoms. The van der Waals surface area contributed by atoms with Gasteiger partial charge in [-0.2, -0.15) is 0 Å². The highest BCUT2D eigenvalue weighted by atomic mass is 79.9. The van der Waals surface area contributed by atoms with Gasteiger partial charge in [0.25, 0.3) is 0 Å². The summed E-state index contributed by atoms with van der Waals surface area (Å²) in [5.41, 5.74) is 0. The van der Waals surface area contributed by atoms with Gasteiger partial charge in [0.05, 0.1) is 24.5 Å². The highest BCUT2D eigenvalue weighted by Crippen LogP contribution is 2.29. The lowest BCUT2D eigenvalue weighted by Crippen LogP contribution is -1.98. The molecule has 0 N–H and O–H groups in total. The quantitative estimate of drug-likeness (QED) is 0.492. The Bertz CT molecular complexity index is 583. The zero-order valence-electron chi connectivity index (χ0n) is 8.95. The molecule has 0 unspecified atom stereocenters. The fraction of sp³-hybridized carbons (Fsp3) is 0.0833. The summed E-state index contributed by atoms with van der Waals surface area (Å²) >= 11 is 18.0. The van der Waals surface area contributed by atoms with Crippen LogP contribution in [0.5, 0.6) is 0 Å². The number of carbonyl (C=O) groups excluding carboxylic acids is 1. The molecule has 2 aromatic rings.